The largest absolute Gasteiger partial charge is 0.384 e. The Balaban J connectivity index is 1.92. The highest BCUT2D eigenvalue weighted by Crippen LogP contribution is 2.41. The van der Waals surface area contributed by atoms with Gasteiger partial charge in [0.15, 0.2) is 5.82 Å². The lowest BCUT2D eigenvalue weighted by molar-refractivity contribution is 0.920. The van der Waals surface area contributed by atoms with Gasteiger partial charge in [0.25, 0.3) is 0 Å². The molecule has 0 saturated heterocycles. The molecule has 0 unspecified atom stereocenters. The number of aromatic nitrogens is 4. The van der Waals surface area contributed by atoms with E-state index in [0.717, 1.165) is 22.4 Å². The molecule has 6 nitrogen and oxygen atoms in total. The summed E-state index contributed by atoms with van der Waals surface area (Å²) in [5, 5.41) is 17.4. The number of pyridine rings is 1. The Kier molecular flexibility index (Phi) is 3.28. The number of benzene rings is 1. The molecule has 1 fully saturated rings. The van der Waals surface area contributed by atoms with Crippen molar-refractivity contribution in [2.75, 3.05) is 5.73 Å². The summed E-state index contributed by atoms with van der Waals surface area (Å²) in [5.74, 6) is 1.75. The molecule has 4 rings (SSSR count). The van der Waals surface area contributed by atoms with Crippen LogP contribution in [0.5, 0.6) is 0 Å². The third-order valence-electron chi connectivity index (χ3n) is 4.27. The molecule has 6 heteroatoms. The van der Waals surface area contributed by atoms with Crippen LogP contribution in [0.25, 0.3) is 22.5 Å². The van der Waals surface area contributed by atoms with E-state index in [1.807, 2.05) is 35.9 Å². The standard InChI is InChI=1S/C18H16N6/c1-24-10-21-23-18(24)15-6-11(9-19)2-5-14(15)13-7-16(12-3-4-12)22-17(20)8-13/h2,5-8,10,12H,3-4H2,1H3,(H2,20,22). The molecule has 2 heterocycles. The number of nitrogens with two attached hydrogens (primary N) is 1. The van der Waals surface area contributed by atoms with Crippen molar-refractivity contribution in [3.63, 3.8) is 0 Å². The van der Waals surface area contributed by atoms with Crippen LogP contribution < -0.4 is 5.73 Å². The lowest BCUT2D eigenvalue weighted by Gasteiger charge is -2.12. The van der Waals surface area contributed by atoms with Gasteiger partial charge in [0.1, 0.15) is 12.1 Å². The number of nitriles is 1. The highest BCUT2D eigenvalue weighted by Gasteiger charge is 2.26. The second-order valence-electron chi connectivity index (χ2n) is 6.12. The van der Waals surface area contributed by atoms with Gasteiger partial charge in [-0.05, 0) is 48.2 Å². The van der Waals surface area contributed by atoms with Crippen LogP contribution in [0.1, 0.15) is 30.0 Å². The van der Waals surface area contributed by atoms with Crippen molar-refractivity contribution in [2.24, 2.45) is 7.05 Å². The molecule has 1 saturated carbocycles. The summed E-state index contributed by atoms with van der Waals surface area (Å²) in [6.45, 7) is 0. The predicted octanol–water partition coefficient (Wildman–Crippen LogP) is 2.88. The van der Waals surface area contributed by atoms with Gasteiger partial charge in [-0.2, -0.15) is 5.26 Å². The van der Waals surface area contributed by atoms with Gasteiger partial charge in [-0.15, -0.1) is 10.2 Å². The number of hydrogen-bond acceptors (Lipinski definition) is 5. The first kappa shape index (κ1) is 14.4. The summed E-state index contributed by atoms with van der Waals surface area (Å²) >= 11 is 0. The maximum absolute atomic E-state index is 9.24. The maximum Gasteiger partial charge on any atom is 0.164 e. The van der Waals surface area contributed by atoms with Crippen molar-refractivity contribution in [1.29, 1.82) is 5.26 Å². The van der Waals surface area contributed by atoms with E-state index in [1.165, 1.54) is 12.8 Å². The first-order valence-electron chi connectivity index (χ1n) is 7.82. The first-order chi connectivity index (χ1) is 11.7. The molecule has 1 aliphatic rings. The van der Waals surface area contributed by atoms with Crippen molar-refractivity contribution < 1.29 is 0 Å². The van der Waals surface area contributed by atoms with E-state index in [0.29, 0.717) is 23.1 Å². The zero-order valence-electron chi connectivity index (χ0n) is 13.3. The van der Waals surface area contributed by atoms with Crippen LogP contribution in [-0.4, -0.2) is 19.7 Å². The fourth-order valence-electron chi connectivity index (χ4n) is 2.90. The highest BCUT2D eigenvalue weighted by molar-refractivity contribution is 5.82. The molecule has 24 heavy (non-hydrogen) atoms. The Morgan fingerprint density at radius 2 is 2.04 bits per heavy atom. The molecule has 0 radical (unpaired) electrons. The van der Waals surface area contributed by atoms with Crippen LogP contribution in [-0.2, 0) is 7.05 Å². The minimum Gasteiger partial charge on any atom is -0.384 e. The van der Waals surface area contributed by atoms with Gasteiger partial charge in [0.2, 0.25) is 0 Å². The van der Waals surface area contributed by atoms with Gasteiger partial charge >= 0.3 is 0 Å². The maximum atomic E-state index is 9.24. The zero-order valence-corrected chi connectivity index (χ0v) is 13.3. The second kappa shape index (κ2) is 5.46. The van der Waals surface area contributed by atoms with Crippen LogP contribution >= 0.6 is 0 Å². The molecule has 0 atom stereocenters. The summed E-state index contributed by atoms with van der Waals surface area (Å²) in [7, 11) is 1.88. The van der Waals surface area contributed by atoms with Gasteiger partial charge in [-0.1, -0.05) is 6.07 Å². The number of rotatable bonds is 3. The monoisotopic (exact) mass is 316 g/mol. The van der Waals surface area contributed by atoms with E-state index in [-0.39, 0.29) is 0 Å². The van der Waals surface area contributed by atoms with Gasteiger partial charge in [-0.25, -0.2) is 4.98 Å². The Morgan fingerprint density at radius 3 is 2.71 bits per heavy atom. The van der Waals surface area contributed by atoms with Crippen molar-refractivity contribution >= 4 is 5.82 Å². The van der Waals surface area contributed by atoms with Crippen molar-refractivity contribution in [1.82, 2.24) is 19.7 Å². The summed E-state index contributed by atoms with van der Waals surface area (Å²) in [6, 6.07) is 11.7. The summed E-state index contributed by atoms with van der Waals surface area (Å²) < 4.78 is 1.84. The third kappa shape index (κ3) is 2.50. The molecular formula is C18H16N6. The molecule has 2 N–H and O–H groups in total. The molecule has 1 aromatic carbocycles. The summed E-state index contributed by atoms with van der Waals surface area (Å²) in [6.07, 6.45) is 3.98. The number of aryl methyl sites for hydroxylation is 1. The molecular weight excluding hydrogens is 300 g/mol. The smallest absolute Gasteiger partial charge is 0.164 e. The minimum atomic E-state index is 0.516. The molecule has 3 aromatic rings. The number of anilines is 1. The van der Waals surface area contributed by atoms with E-state index >= 15 is 0 Å². The van der Waals surface area contributed by atoms with Crippen molar-refractivity contribution in [3.8, 4) is 28.6 Å². The van der Waals surface area contributed by atoms with Gasteiger partial charge in [-0.3, -0.25) is 0 Å². The van der Waals surface area contributed by atoms with Crippen LogP contribution in [0.15, 0.2) is 36.7 Å². The molecule has 2 aromatic heterocycles. The summed E-state index contributed by atoms with van der Waals surface area (Å²) in [4.78, 5) is 4.46. The molecule has 0 bridgehead atoms. The molecule has 0 aliphatic heterocycles. The van der Waals surface area contributed by atoms with Crippen molar-refractivity contribution in [3.05, 3.63) is 47.9 Å². The van der Waals surface area contributed by atoms with Gasteiger partial charge < -0.3 is 10.3 Å². The average molecular weight is 316 g/mol. The van der Waals surface area contributed by atoms with E-state index in [9.17, 15) is 5.26 Å². The molecule has 1 aliphatic carbocycles. The second-order valence-corrected chi connectivity index (χ2v) is 6.12. The molecule has 118 valence electrons. The van der Waals surface area contributed by atoms with Gasteiger partial charge in [0.05, 0.1) is 11.6 Å². The van der Waals surface area contributed by atoms with Crippen LogP contribution in [0.2, 0.25) is 0 Å². The quantitative estimate of drug-likeness (QED) is 0.802. The number of nitrogen functional groups attached to an aromatic ring is 1. The van der Waals surface area contributed by atoms with Crippen LogP contribution in [0.3, 0.4) is 0 Å². The third-order valence-corrected chi connectivity index (χ3v) is 4.27. The summed E-state index contributed by atoms with van der Waals surface area (Å²) in [5.41, 5.74) is 10.5. The first-order valence-corrected chi connectivity index (χ1v) is 7.82. The lowest BCUT2D eigenvalue weighted by atomic mass is 9.96. The van der Waals surface area contributed by atoms with Gasteiger partial charge in [0, 0.05) is 24.2 Å². The van der Waals surface area contributed by atoms with E-state index in [4.69, 9.17) is 5.73 Å². The number of hydrogen-bond donors (Lipinski definition) is 1. The Morgan fingerprint density at radius 1 is 1.21 bits per heavy atom. The van der Waals surface area contributed by atoms with E-state index < -0.39 is 0 Å². The fraction of sp³-hybridized carbons (Fsp3) is 0.222. The average Bonchev–Trinajstić information content (AvgIpc) is 3.35. The van der Waals surface area contributed by atoms with E-state index in [2.05, 4.69) is 27.3 Å². The van der Waals surface area contributed by atoms with E-state index in [1.54, 1.807) is 6.33 Å². The normalized spacial score (nSPS) is 13.7. The minimum absolute atomic E-state index is 0.516. The fourth-order valence-corrected chi connectivity index (χ4v) is 2.90. The van der Waals surface area contributed by atoms with Crippen LogP contribution in [0, 0.1) is 11.3 Å². The lowest BCUT2D eigenvalue weighted by Crippen LogP contribution is -1.98. The Bertz CT molecular complexity index is 962. The molecule has 0 spiro atoms. The highest BCUT2D eigenvalue weighted by atomic mass is 15.2. The van der Waals surface area contributed by atoms with Crippen molar-refractivity contribution in [2.45, 2.75) is 18.8 Å². The molecule has 0 amide bonds. The predicted molar refractivity (Wildman–Crippen MR) is 90.8 cm³/mol. The Labute approximate surface area is 139 Å². The number of nitrogens with zero attached hydrogens (tertiary/aromatic N) is 5. The zero-order chi connectivity index (χ0) is 16.7. The van der Waals surface area contributed by atoms with Crippen LogP contribution in [0.4, 0.5) is 5.82 Å². The topological polar surface area (TPSA) is 93.4 Å². The SMILES string of the molecule is Cn1cnnc1-c1cc(C#N)ccc1-c1cc(N)nc(C2CC2)c1. The Hall–Kier alpha value is -3.20.